The molecular weight excluding hydrogens is 336 g/mol. The Morgan fingerprint density at radius 3 is 2.73 bits per heavy atom. The largest absolute Gasteiger partial charge is 0.377 e. The van der Waals surface area contributed by atoms with Gasteiger partial charge in [0.1, 0.15) is 11.6 Å². The van der Waals surface area contributed by atoms with Crippen LogP contribution in [0, 0.1) is 23.0 Å². The van der Waals surface area contributed by atoms with Crippen molar-refractivity contribution in [2.45, 2.75) is 53.2 Å². The molecule has 26 heavy (non-hydrogen) atoms. The van der Waals surface area contributed by atoms with E-state index < -0.39 is 11.6 Å². The second-order valence-electron chi connectivity index (χ2n) is 7.87. The van der Waals surface area contributed by atoms with Crippen molar-refractivity contribution in [1.29, 1.82) is 0 Å². The number of rotatable bonds is 5. The monoisotopic (exact) mass is 367 g/mol. The van der Waals surface area contributed by atoms with Crippen LogP contribution in [0.5, 0.6) is 0 Å². The summed E-state index contributed by atoms with van der Waals surface area (Å²) in [6.07, 6.45) is 2.35. The first kappa shape index (κ1) is 20.6. The van der Waals surface area contributed by atoms with Gasteiger partial charge in [0.15, 0.2) is 5.96 Å². The van der Waals surface area contributed by atoms with Gasteiger partial charge in [0.25, 0.3) is 0 Å². The first-order valence-electron chi connectivity index (χ1n) is 9.39. The summed E-state index contributed by atoms with van der Waals surface area (Å²) in [5, 5.41) is 6.50. The van der Waals surface area contributed by atoms with E-state index in [-0.39, 0.29) is 23.6 Å². The number of hydrogen-bond acceptors (Lipinski definition) is 2. The van der Waals surface area contributed by atoms with Crippen LogP contribution in [0.2, 0.25) is 0 Å². The Morgan fingerprint density at radius 2 is 2.04 bits per heavy atom. The molecule has 2 rings (SSSR count). The lowest BCUT2D eigenvalue weighted by Gasteiger charge is -2.40. The Balaban J connectivity index is 2.01. The van der Waals surface area contributed by atoms with Crippen LogP contribution in [0.3, 0.4) is 0 Å². The van der Waals surface area contributed by atoms with Gasteiger partial charge in [0.2, 0.25) is 0 Å². The fourth-order valence-corrected chi connectivity index (χ4v) is 3.41. The second-order valence-corrected chi connectivity index (χ2v) is 7.87. The maximum Gasteiger partial charge on any atom is 0.191 e. The molecule has 6 heteroatoms. The highest BCUT2D eigenvalue weighted by molar-refractivity contribution is 5.79. The maximum absolute atomic E-state index is 13.8. The van der Waals surface area contributed by atoms with Gasteiger partial charge in [-0.25, -0.2) is 13.8 Å². The normalized spacial score (nSPS) is 21.5. The van der Waals surface area contributed by atoms with Gasteiger partial charge in [-0.05, 0) is 43.4 Å². The Bertz CT molecular complexity index is 614. The molecule has 0 amide bonds. The van der Waals surface area contributed by atoms with Crippen LogP contribution in [0.25, 0.3) is 0 Å². The van der Waals surface area contributed by atoms with Crippen molar-refractivity contribution in [2.75, 3.05) is 19.7 Å². The van der Waals surface area contributed by atoms with E-state index in [1.165, 1.54) is 6.07 Å². The number of hydrogen-bond donors (Lipinski definition) is 2. The van der Waals surface area contributed by atoms with E-state index in [0.717, 1.165) is 38.1 Å². The highest BCUT2D eigenvalue weighted by atomic mass is 19.1. The molecule has 1 fully saturated rings. The number of guanidine groups is 1. The Morgan fingerprint density at radius 1 is 1.27 bits per heavy atom. The third kappa shape index (κ3) is 5.94. The zero-order valence-electron chi connectivity index (χ0n) is 16.2. The number of halogens is 2. The summed E-state index contributed by atoms with van der Waals surface area (Å²) in [4.78, 5) is 4.40. The number of nitrogens with zero attached hydrogens (tertiary/aromatic N) is 1. The molecule has 146 valence electrons. The molecule has 0 spiro atoms. The van der Waals surface area contributed by atoms with Crippen LogP contribution in [-0.4, -0.2) is 31.8 Å². The van der Waals surface area contributed by atoms with E-state index in [0.29, 0.717) is 18.4 Å². The fourth-order valence-electron chi connectivity index (χ4n) is 3.41. The average Bonchev–Trinajstić information content (AvgIpc) is 2.59. The molecule has 1 aliphatic heterocycles. The van der Waals surface area contributed by atoms with Crippen molar-refractivity contribution >= 4 is 5.96 Å². The first-order valence-corrected chi connectivity index (χ1v) is 9.39. The number of aliphatic imine (C=N–C) groups is 1. The van der Waals surface area contributed by atoms with E-state index in [1.54, 1.807) is 0 Å². The van der Waals surface area contributed by atoms with Crippen molar-refractivity contribution in [3.05, 3.63) is 35.4 Å². The molecule has 0 bridgehead atoms. The van der Waals surface area contributed by atoms with Crippen LogP contribution in [-0.2, 0) is 11.3 Å². The Kier molecular flexibility index (Phi) is 7.38. The molecule has 4 nitrogen and oxygen atoms in total. The first-order chi connectivity index (χ1) is 12.3. The molecule has 0 radical (unpaired) electrons. The summed E-state index contributed by atoms with van der Waals surface area (Å²) in [6.45, 7) is 10.9. The van der Waals surface area contributed by atoms with Crippen LogP contribution < -0.4 is 10.6 Å². The predicted octanol–water partition coefficient (Wildman–Crippen LogP) is 3.86. The topological polar surface area (TPSA) is 45.7 Å². The third-order valence-electron chi connectivity index (χ3n) is 4.59. The molecule has 2 N–H and O–H groups in total. The molecule has 1 aromatic rings. The zero-order chi connectivity index (χ0) is 19.2. The summed E-state index contributed by atoms with van der Waals surface area (Å²) in [5.41, 5.74) is 0.322. The lowest BCUT2D eigenvalue weighted by molar-refractivity contribution is -0.0835. The van der Waals surface area contributed by atoms with Crippen molar-refractivity contribution in [3.8, 4) is 0 Å². The highest BCUT2D eigenvalue weighted by Crippen LogP contribution is 2.33. The van der Waals surface area contributed by atoms with E-state index in [9.17, 15) is 8.78 Å². The molecule has 0 aliphatic carbocycles. The van der Waals surface area contributed by atoms with Crippen LogP contribution in [0.4, 0.5) is 8.78 Å². The second kappa shape index (κ2) is 9.31. The summed E-state index contributed by atoms with van der Waals surface area (Å²) < 4.78 is 33.1. The van der Waals surface area contributed by atoms with Gasteiger partial charge in [0, 0.05) is 31.2 Å². The molecule has 0 aromatic heterocycles. The standard InChI is InChI=1S/C20H31F2N3O/c1-5-23-19(25-13-15-11-16(21)8-9-17(15)22)24-12-14-7-6-10-26-18(14)20(2,3)4/h8-9,11,14,18H,5-7,10,12-13H2,1-4H3,(H2,23,24,25). The Labute approximate surface area is 155 Å². The smallest absolute Gasteiger partial charge is 0.191 e. The minimum Gasteiger partial charge on any atom is -0.377 e. The fraction of sp³-hybridized carbons (Fsp3) is 0.650. The molecule has 2 atom stereocenters. The Hall–Kier alpha value is -1.69. The zero-order valence-corrected chi connectivity index (χ0v) is 16.2. The van der Waals surface area contributed by atoms with Gasteiger partial charge in [-0.1, -0.05) is 20.8 Å². The summed E-state index contributed by atoms with van der Waals surface area (Å²) >= 11 is 0. The van der Waals surface area contributed by atoms with E-state index in [1.807, 2.05) is 6.92 Å². The molecule has 1 aromatic carbocycles. The minimum absolute atomic E-state index is 0.0763. The number of nitrogens with one attached hydrogen (secondary N) is 2. The van der Waals surface area contributed by atoms with E-state index >= 15 is 0 Å². The quantitative estimate of drug-likeness (QED) is 0.614. The van der Waals surface area contributed by atoms with Gasteiger partial charge in [-0.2, -0.15) is 0 Å². The molecule has 1 heterocycles. The lowest BCUT2D eigenvalue weighted by Crippen LogP contribution is -2.47. The third-order valence-corrected chi connectivity index (χ3v) is 4.59. The number of benzene rings is 1. The average molecular weight is 367 g/mol. The van der Waals surface area contributed by atoms with E-state index in [2.05, 4.69) is 36.4 Å². The maximum atomic E-state index is 13.8. The molecular formula is C20H31F2N3O. The molecule has 1 aliphatic rings. The predicted molar refractivity (Wildman–Crippen MR) is 101 cm³/mol. The van der Waals surface area contributed by atoms with Gasteiger partial charge < -0.3 is 15.4 Å². The minimum atomic E-state index is -0.457. The molecule has 0 saturated carbocycles. The van der Waals surface area contributed by atoms with Crippen LogP contribution in [0.1, 0.15) is 46.1 Å². The van der Waals surface area contributed by atoms with Crippen molar-refractivity contribution in [3.63, 3.8) is 0 Å². The summed E-state index contributed by atoms with van der Waals surface area (Å²) in [6, 6.07) is 3.43. The van der Waals surface area contributed by atoms with Gasteiger partial charge in [-0.15, -0.1) is 0 Å². The van der Waals surface area contributed by atoms with Crippen molar-refractivity contribution in [2.24, 2.45) is 16.3 Å². The lowest BCUT2D eigenvalue weighted by atomic mass is 9.78. The SMILES string of the molecule is CCNC(=NCc1cc(F)ccc1F)NCC1CCCOC1C(C)(C)C. The van der Waals surface area contributed by atoms with Crippen LogP contribution >= 0.6 is 0 Å². The van der Waals surface area contributed by atoms with Crippen molar-refractivity contribution < 1.29 is 13.5 Å². The summed E-state index contributed by atoms with van der Waals surface area (Å²) in [5.74, 6) is 0.0920. The highest BCUT2D eigenvalue weighted by Gasteiger charge is 2.35. The molecule has 1 saturated heterocycles. The summed E-state index contributed by atoms with van der Waals surface area (Å²) in [7, 11) is 0. The molecule has 2 unspecified atom stereocenters. The van der Waals surface area contributed by atoms with Gasteiger partial charge in [-0.3, -0.25) is 0 Å². The van der Waals surface area contributed by atoms with Gasteiger partial charge in [0.05, 0.1) is 12.6 Å². The van der Waals surface area contributed by atoms with Gasteiger partial charge >= 0.3 is 0 Å². The number of ether oxygens (including phenoxy) is 1. The van der Waals surface area contributed by atoms with Crippen molar-refractivity contribution in [1.82, 2.24) is 10.6 Å². The van der Waals surface area contributed by atoms with Crippen LogP contribution in [0.15, 0.2) is 23.2 Å². The van der Waals surface area contributed by atoms with E-state index in [4.69, 9.17) is 4.74 Å².